The predicted octanol–water partition coefficient (Wildman–Crippen LogP) is 2.26. The Balaban J connectivity index is 1.60. The molecular formula is C25H26N2O6. The van der Waals surface area contributed by atoms with Gasteiger partial charge in [-0.05, 0) is 29.2 Å². The van der Waals surface area contributed by atoms with Gasteiger partial charge in [0.15, 0.2) is 6.10 Å². The smallest absolute Gasteiger partial charge is 0.407 e. The summed E-state index contributed by atoms with van der Waals surface area (Å²) in [5.41, 5.74) is 4.38. The quantitative estimate of drug-likeness (QED) is 0.435. The summed E-state index contributed by atoms with van der Waals surface area (Å²) in [5, 5.41) is 23.1. The number of aliphatic hydroxyl groups excluding tert-OH is 1. The summed E-state index contributed by atoms with van der Waals surface area (Å²) in [5.74, 6) is 3.41. The molecule has 4 N–H and O–H groups in total. The highest BCUT2D eigenvalue weighted by Gasteiger charge is 2.29. The third-order valence-corrected chi connectivity index (χ3v) is 5.44. The molecule has 33 heavy (non-hydrogen) atoms. The standard InChI is InChI=1S/C25H26N2O6/c1-2-3-12-21(23(29)26-14-13-22(28)24(30)31)27-25(32)33-15-20-18-10-6-4-8-16(18)17-9-5-7-11-19(17)20/h4-11,20-22,28H,12-15H2,1H3,(H,26,29)(H,27,32)(H,30,31). The van der Waals surface area contributed by atoms with E-state index in [1.165, 1.54) is 0 Å². The van der Waals surface area contributed by atoms with Gasteiger partial charge in [0, 0.05) is 25.3 Å². The van der Waals surface area contributed by atoms with E-state index in [-0.39, 0.29) is 31.9 Å². The van der Waals surface area contributed by atoms with Crippen LogP contribution in [0.3, 0.4) is 0 Å². The van der Waals surface area contributed by atoms with E-state index < -0.39 is 30.1 Å². The maximum atomic E-state index is 12.5. The molecule has 1 aliphatic rings. The number of carboxylic acids is 1. The number of alkyl carbamates (subject to hydrolysis) is 1. The van der Waals surface area contributed by atoms with Crippen LogP contribution in [0.5, 0.6) is 0 Å². The van der Waals surface area contributed by atoms with Crippen LogP contribution >= 0.6 is 0 Å². The Morgan fingerprint density at radius 3 is 2.24 bits per heavy atom. The lowest BCUT2D eigenvalue weighted by Crippen LogP contribution is -2.47. The Bertz CT molecular complexity index is 1040. The van der Waals surface area contributed by atoms with Gasteiger partial charge in [-0.15, -0.1) is 11.8 Å². The van der Waals surface area contributed by atoms with E-state index >= 15 is 0 Å². The number of amides is 2. The predicted molar refractivity (Wildman–Crippen MR) is 121 cm³/mol. The second kappa shape index (κ2) is 11.2. The topological polar surface area (TPSA) is 125 Å². The van der Waals surface area contributed by atoms with Crippen molar-refractivity contribution < 1.29 is 29.3 Å². The summed E-state index contributed by atoms with van der Waals surface area (Å²) in [6.07, 6.45) is -2.42. The molecule has 2 unspecified atom stereocenters. The fourth-order valence-corrected chi connectivity index (χ4v) is 3.77. The average molecular weight is 450 g/mol. The van der Waals surface area contributed by atoms with Crippen LogP contribution < -0.4 is 10.6 Å². The molecule has 0 heterocycles. The number of benzene rings is 2. The molecule has 8 nitrogen and oxygen atoms in total. The maximum absolute atomic E-state index is 12.5. The molecule has 0 saturated carbocycles. The maximum Gasteiger partial charge on any atom is 0.407 e. The first-order chi connectivity index (χ1) is 15.9. The van der Waals surface area contributed by atoms with Crippen LogP contribution in [0.4, 0.5) is 4.79 Å². The van der Waals surface area contributed by atoms with Crippen molar-refractivity contribution in [2.24, 2.45) is 0 Å². The molecule has 0 aromatic heterocycles. The number of fused-ring (bicyclic) bond motifs is 3. The molecule has 1 aliphatic carbocycles. The molecule has 0 spiro atoms. The van der Waals surface area contributed by atoms with Crippen LogP contribution in [0.1, 0.15) is 36.8 Å². The van der Waals surface area contributed by atoms with Gasteiger partial charge in [0.05, 0.1) is 0 Å². The second-order valence-corrected chi connectivity index (χ2v) is 7.59. The highest BCUT2D eigenvalue weighted by molar-refractivity contribution is 5.86. The van der Waals surface area contributed by atoms with Crippen molar-refractivity contribution in [3.8, 4) is 23.0 Å². The zero-order chi connectivity index (χ0) is 23.8. The minimum Gasteiger partial charge on any atom is -0.479 e. The van der Waals surface area contributed by atoms with Crippen molar-refractivity contribution in [1.82, 2.24) is 10.6 Å². The van der Waals surface area contributed by atoms with Gasteiger partial charge < -0.3 is 25.6 Å². The Hall–Kier alpha value is -3.83. The largest absolute Gasteiger partial charge is 0.479 e. The number of hydrogen-bond acceptors (Lipinski definition) is 5. The fourth-order valence-electron chi connectivity index (χ4n) is 3.77. The van der Waals surface area contributed by atoms with Gasteiger partial charge in [0.2, 0.25) is 5.91 Å². The van der Waals surface area contributed by atoms with Gasteiger partial charge in [-0.3, -0.25) is 4.79 Å². The van der Waals surface area contributed by atoms with E-state index in [2.05, 4.69) is 22.5 Å². The lowest BCUT2D eigenvalue weighted by atomic mass is 9.98. The number of carbonyl (C=O) groups is 3. The van der Waals surface area contributed by atoms with Gasteiger partial charge in [0.25, 0.3) is 0 Å². The molecule has 172 valence electrons. The molecule has 0 bridgehead atoms. The molecule has 2 atom stereocenters. The van der Waals surface area contributed by atoms with Crippen molar-refractivity contribution in [2.75, 3.05) is 13.2 Å². The summed E-state index contributed by atoms with van der Waals surface area (Å²) in [4.78, 5) is 35.6. The molecule has 8 heteroatoms. The van der Waals surface area contributed by atoms with Crippen LogP contribution in [-0.2, 0) is 14.3 Å². The van der Waals surface area contributed by atoms with Gasteiger partial charge >= 0.3 is 12.1 Å². The van der Waals surface area contributed by atoms with E-state index in [9.17, 15) is 19.5 Å². The molecule has 3 rings (SSSR count). The summed E-state index contributed by atoms with van der Waals surface area (Å²) in [6, 6.07) is 15.0. The number of carbonyl (C=O) groups excluding carboxylic acids is 2. The second-order valence-electron chi connectivity index (χ2n) is 7.59. The summed E-state index contributed by atoms with van der Waals surface area (Å²) in [7, 11) is 0. The first kappa shape index (κ1) is 23.8. The van der Waals surface area contributed by atoms with Crippen LogP contribution in [0.15, 0.2) is 48.5 Å². The molecule has 0 saturated heterocycles. The SMILES string of the molecule is CC#CCC(NC(=O)OCC1c2ccccc2-c2ccccc21)C(=O)NCCC(O)C(=O)O. The first-order valence-electron chi connectivity index (χ1n) is 10.6. The molecule has 2 aromatic rings. The zero-order valence-corrected chi connectivity index (χ0v) is 18.2. The van der Waals surface area contributed by atoms with Crippen molar-refractivity contribution in [3.63, 3.8) is 0 Å². The van der Waals surface area contributed by atoms with Crippen molar-refractivity contribution in [1.29, 1.82) is 0 Å². The summed E-state index contributed by atoms with van der Waals surface area (Å²) < 4.78 is 5.48. The van der Waals surface area contributed by atoms with Crippen LogP contribution in [-0.4, -0.2) is 53.5 Å². The summed E-state index contributed by atoms with van der Waals surface area (Å²) in [6.45, 7) is 1.67. The lowest BCUT2D eigenvalue weighted by molar-refractivity contribution is -0.147. The molecule has 0 aliphatic heterocycles. The summed E-state index contributed by atoms with van der Waals surface area (Å²) >= 11 is 0. The first-order valence-corrected chi connectivity index (χ1v) is 10.6. The number of carboxylic acid groups (broad SMARTS) is 1. The van der Waals surface area contributed by atoms with Crippen molar-refractivity contribution >= 4 is 18.0 Å². The van der Waals surface area contributed by atoms with E-state index in [4.69, 9.17) is 9.84 Å². The molecule has 2 aromatic carbocycles. The van der Waals surface area contributed by atoms with E-state index in [1.807, 2.05) is 48.5 Å². The highest BCUT2D eigenvalue weighted by atomic mass is 16.5. The normalized spacial score (nSPS) is 13.5. The Kier molecular flexibility index (Phi) is 8.06. The van der Waals surface area contributed by atoms with Gasteiger partial charge in [-0.1, -0.05) is 48.5 Å². The minimum absolute atomic E-state index is 0.0608. The lowest BCUT2D eigenvalue weighted by Gasteiger charge is -2.18. The monoisotopic (exact) mass is 450 g/mol. The van der Waals surface area contributed by atoms with E-state index in [1.54, 1.807) is 6.92 Å². The number of ether oxygens (including phenoxy) is 1. The molecule has 0 fully saturated rings. The minimum atomic E-state index is -1.57. The van der Waals surface area contributed by atoms with Gasteiger partial charge in [-0.25, -0.2) is 9.59 Å². The van der Waals surface area contributed by atoms with Gasteiger partial charge in [-0.2, -0.15) is 0 Å². The Morgan fingerprint density at radius 2 is 1.67 bits per heavy atom. The van der Waals surface area contributed by atoms with Crippen LogP contribution in [0.2, 0.25) is 0 Å². The Morgan fingerprint density at radius 1 is 1.06 bits per heavy atom. The average Bonchev–Trinajstić information content (AvgIpc) is 3.13. The van der Waals surface area contributed by atoms with Crippen LogP contribution in [0, 0.1) is 11.8 Å². The van der Waals surface area contributed by atoms with E-state index in [0.717, 1.165) is 22.3 Å². The number of nitrogens with one attached hydrogen (secondary N) is 2. The molecule has 0 radical (unpaired) electrons. The Labute approximate surface area is 192 Å². The van der Waals surface area contributed by atoms with E-state index in [0.29, 0.717) is 0 Å². The van der Waals surface area contributed by atoms with Crippen molar-refractivity contribution in [2.45, 2.75) is 37.8 Å². The fraction of sp³-hybridized carbons (Fsp3) is 0.320. The molecule has 2 amide bonds. The van der Waals surface area contributed by atoms with Crippen molar-refractivity contribution in [3.05, 3.63) is 59.7 Å². The third kappa shape index (κ3) is 5.90. The number of rotatable bonds is 9. The molecular weight excluding hydrogens is 424 g/mol. The highest BCUT2D eigenvalue weighted by Crippen LogP contribution is 2.44. The number of aliphatic carboxylic acids is 1. The zero-order valence-electron chi connectivity index (χ0n) is 18.2. The van der Waals surface area contributed by atoms with Gasteiger partial charge in [0.1, 0.15) is 12.6 Å². The van der Waals surface area contributed by atoms with Crippen LogP contribution in [0.25, 0.3) is 11.1 Å². The number of hydrogen-bond donors (Lipinski definition) is 4. The third-order valence-electron chi connectivity index (χ3n) is 5.44. The number of aliphatic hydroxyl groups is 1.